The van der Waals surface area contributed by atoms with E-state index in [1.807, 2.05) is 61.5 Å². The maximum atomic E-state index is 14.9. The molecule has 3 saturated heterocycles. The summed E-state index contributed by atoms with van der Waals surface area (Å²) in [6.45, 7) is 16.6. The van der Waals surface area contributed by atoms with E-state index in [1.165, 1.54) is 0 Å². The van der Waals surface area contributed by atoms with Crippen molar-refractivity contribution in [3.05, 3.63) is 79.9 Å². The monoisotopic (exact) mass is 642 g/mol. The minimum atomic E-state index is -1.15. The average molecular weight is 643 g/mol. The number of para-hydroxylation sites is 1. The van der Waals surface area contributed by atoms with Crippen molar-refractivity contribution in [2.45, 2.75) is 70.1 Å². The Kier molecular flexibility index (Phi) is 10.6. The van der Waals surface area contributed by atoms with Gasteiger partial charge in [-0.15, -0.1) is 13.2 Å². The van der Waals surface area contributed by atoms with Crippen LogP contribution in [0.2, 0.25) is 0 Å². The van der Waals surface area contributed by atoms with Crippen molar-refractivity contribution in [3.8, 4) is 0 Å². The Morgan fingerprint density at radius 2 is 1.49 bits per heavy atom. The number of anilines is 3. The van der Waals surface area contributed by atoms with Crippen LogP contribution in [0.3, 0.4) is 0 Å². The van der Waals surface area contributed by atoms with Gasteiger partial charge in [0.25, 0.3) is 5.91 Å². The van der Waals surface area contributed by atoms with Crippen LogP contribution in [0.25, 0.3) is 0 Å². The van der Waals surface area contributed by atoms with E-state index in [-0.39, 0.29) is 44.0 Å². The Hall–Kier alpha value is -3.95. The number of amides is 3. The SMILES string of the molecule is C=CCN(C(=O)C1N(CCCCO)C(=O)[C@@H]2[C@@H](C(=O)N(CC=C)c3ccccc3)[C@@]3(CC)CCC12O3)c1ccc(N(CC)CC)cc1. The molecule has 2 aromatic rings. The molecule has 5 rings (SSSR count). The van der Waals surface area contributed by atoms with Crippen LogP contribution in [0.5, 0.6) is 0 Å². The zero-order valence-electron chi connectivity index (χ0n) is 28.1. The minimum absolute atomic E-state index is 0.0131. The number of aliphatic hydroxyl groups is 1. The number of aliphatic hydroxyl groups excluding tert-OH is 1. The van der Waals surface area contributed by atoms with Crippen molar-refractivity contribution in [1.82, 2.24) is 4.90 Å². The fourth-order valence-corrected chi connectivity index (χ4v) is 8.27. The van der Waals surface area contributed by atoms with Gasteiger partial charge in [0.2, 0.25) is 11.8 Å². The first-order valence-corrected chi connectivity index (χ1v) is 17.1. The minimum Gasteiger partial charge on any atom is -0.396 e. The number of likely N-dealkylation sites (tertiary alicyclic amines) is 1. The van der Waals surface area contributed by atoms with Crippen LogP contribution in [0.15, 0.2) is 79.9 Å². The van der Waals surface area contributed by atoms with Gasteiger partial charge in [0.15, 0.2) is 0 Å². The van der Waals surface area contributed by atoms with E-state index < -0.39 is 29.1 Å². The van der Waals surface area contributed by atoms with Crippen molar-refractivity contribution in [2.24, 2.45) is 11.8 Å². The number of nitrogens with zero attached hydrogens (tertiary/aromatic N) is 4. The van der Waals surface area contributed by atoms with E-state index in [1.54, 1.807) is 26.9 Å². The number of hydrogen-bond donors (Lipinski definition) is 1. The predicted molar refractivity (Wildman–Crippen MR) is 186 cm³/mol. The third-order valence-electron chi connectivity index (χ3n) is 10.5. The summed E-state index contributed by atoms with van der Waals surface area (Å²) in [5.74, 6) is -2.22. The molecule has 0 aromatic heterocycles. The molecular formula is C38H50N4O5. The molecule has 3 heterocycles. The fraction of sp³-hybridized carbons (Fsp3) is 0.500. The number of benzene rings is 2. The molecule has 47 heavy (non-hydrogen) atoms. The van der Waals surface area contributed by atoms with Gasteiger partial charge in [-0.25, -0.2) is 0 Å². The van der Waals surface area contributed by atoms with E-state index in [0.717, 1.165) is 24.5 Å². The highest BCUT2D eigenvalue weighted by Gasteiger charge is 2.79. The number of unbranched alkanes of at least 4 members (excludes halogenated alkanes) is 1. The van der Waals surface area contributed by atoms with E-state index in [0.29, 0.717) is 37.8 Å². The van der Waals surface area contributed by atoms with E-state index in [2.05, 4.69) is 31.9 Å². The molecule has 1 spiro atoms. The summed E-state index contributed by atoms with van der Waals surface area (Å²) in [6, 6.07) is 16.4. The van der Waals surface area contributed by atoms with Crippen LogP contribution >= 0.6 is 0 Å². The molecule has 0 saturated carbocycles. The molecule has 2 unspecified atom stereocenters. The summed E-state index contributed by atoms with van der Waals surface area (Å²) in [6.07, 6.45) is 6.03. The molecular weight excluding hydrogens is 592 g/mol. The highest BCUT2D eigenvalue weighted by molar-refractivity contribution is 6.07. The molecule has 9 nitrogen and oxygen atoms in total. The lowest BCUT2D eigenvalue weighted by atomic mass is 9.64. The molecule has 0 aliphatic carbocycles. The van der Waals surface area contributed by atoms with Gasteiger partial charge in [-0.3, -0.25) is 14.4 Å². The normalized spacial score (nSPS) is 25.8. The molecule has 3 fully saturated rings. The number of rotatable bonds is 16. The Balaban J connectivity index is 1.58. The second-order valence-electron chi connectivity index (χ2n) is 12.8. The highest BCUT2D eigenvalue weighted by atomic mass is 16.5. The number of carbonyl (C=O) groups excluding carboxylic acids is 3. The van der Waals surface area contributed by atoms with Gasteiger partial charge in [-0.05, 0) is 82.3 Å². The predicted octanol–water partition coefficient (Wildman–Crippen LogP) is 5.20. The fourth-order valence-electron chi connectivity index (χ4n) is 8.27. The molecule has 0 radical (unpaired) electrons. The molecule has 3 aliphatic rings. The third-order valence-corrected chi connectivity index (χ3v) is 10.5. The summed E-state index contributed by atoms with van der Waals surface area (Å²) in [7, 11) is 0. The van der Waals surface area contributed by atoms with Crippen molar-refractivity contribution < 1.29 is 24.2 Å². The second kappa shape index (κ2) is 14.4. The Morgan fingerprint density at radius 1 is 0.894 bits per heavy atom. The van der Waals surface area contributed by atoms with Crippen LogP contribution in [0.4, 0.5) is 17.1 Å². The van der Waals surface area contributed by atoms with E-state index in [9.17, 15) is 19.5 Å². The standard InChI is InChI=1S/C38H50N4O5/c1-6-24-40(29-16-12-11-13-17-29)34(44)31-32-35(45)42(26-14-15-27-43)33(38(32)23-22-37(31,8-3)47-38)36(46)41(25-7-2)30-20-18-28(19-21-30)39(9-4)10-5/h6-7,11-13,16-21,31-33,43H,1-2,8-10,14-15,22-27H2,3-5H3/t31-,32-,33?,37+,38?/m0/s1. The summed E-state index contributed by atoms with van der Waals surface area (Å²) in [5.41, 5.74) is 0.483. The van der Waals surface area contributed by atoms with E-state index >= 15 is 0 Å². The zero-order chi connectivity index (χ0) is 33.8. The Labute approximate surface area is 279 Å². The van der Waals surface area contributed by atoms with Crippen molar-refractivity contribution in [3.63, 3.8) is 0 Å². The van der Waals surface area contributed by atoms with Gasteiger partial charge in [-0.2, -0.15) is 0 Å². The first kappa shape index (κ1) is 34.4. The smallest absolute Gasteiger partial charge is 0.253 e. The van der Waals surface area contributed by atoms with Crippen LogP contribution in [-0.4, -0.2) is 84.3 Å². The maximum Gasteiger partial charge on any atom is 0.253 e. The van der Waals surface area contributed by atoms with Crippen molar-refractivity contribution in [2.75, 3.05) is 54.0 Å². The highest BCUT2D eigenvalue weighted by Crippen LogP contribution is 2.64. The lowest BCUT2D eigenvalue weighted by Gasteiger charge is -2.37. The average Bonchev–Trinajstić information content (AvgIpc) is 3.70. The van der Waals surface area contributed by atoms with Gasteiger partial charge in [0.1, 0.15) is 11.6 Å². The zero-order valence-corrected chi connectivity index (χ0v) is 28.1. The van der Waals surface area contributed by atoms with E-state index in [4.69, 9.17) is 4.74 Å². The second-order valence-corrected chi connectivity index (χ2v) is 12.8. The van der Waals surface area contributed by atoms with Crippen molar-refractivity contribution in [1.29, 1.82) is 0 Å². The number of carbonyl (C=O) groups is 3. The van der Waals surface area contributed by atoms with Crippen LogP contribution in [-0.2, 0) is 19.1 Å². The first-order chi connectivity index (χ1) is 22.8. The molecule has 1 N–H and O–H groups in total. The van der Waals surface area contributed by atoms with Gasteiger partial charge >= 0.3 is 0 Å². The number of fused-ring (bicyclic) bond motifs is 1. The lowest BCUT2D eigenvalue weighted by Crippen LogP contribution is -2.56. The van der Waals surface area contributed by atoms with Gasteiger partial charge in [-0.1, -0.05) is 37.3 Å². The van der Waals surface area contributed by atoms with Gasteiger partial charge in [0, 0.05) is 56.4 Å². The molecule has 252 valence electrons. The summed E-state index contributed by atoms with van der Waals surface area (Å²) in [5, 5.41) is 9.57. The third kappa shape index (κ3) is 5.89. The summed E-state index contributed by atoms with van der Waals surface area (Å²) < 4.78 is 7.04. The summed E-state index contributed by atoms with van der Waals surface area (Å²) in [4.78, 5) is 51.6. The van der Waals surface area contributed by atoms with Gasteiger partial charge in [0.05, 0.1) is 17.4 Å². The van der Waals surface area contributed by atoms with Crippen LogP contribution < -0.4 is 14.7 Å². The molecule has 3 amide bonds. The molecule has 5 atom stereocenters. The molecule has 2 aromatic carbocycles. The lowest BCUT2D eigenvalue weighted by molar-refractivity contribution is -0.146. The molecule has 9 heteroatoms. The molecule has 3 aliphatic heterocycles. The molecule has 2 bridgehead atoms. The quantitative estimate of drug-likeness (QED) is 0.200. The largest absolute Gasteiger partial charge is 0.396 e. The maximum absolute atomic E-state index is 14.9. The Morgan fingerprint density at radius 3 is 2.06 bits per heavy atom. The first-order valence-electron chi connectivity index (χ1n) is 17.1. The van der Waals surface area contributed by atoms with Gasteiger partial charge < -0.3 is 29.4 Å². The van der Waals surface area contributed by atoms with Crippen molar-refractivity contribution >= 4 is 34.8 Å². The number of ether oxygens (including phenoxy) is 1. The van der Waals surface area contributed by atoms with Crippen LogP contribution in [0, 0.1) is 11.8 Å². The summed E-state index contributed by atoms with van der Waals surface area (Å²) >= 11 is 0. The van der Waals surface area contributed by atoms with Crippen LogP contribution in [0.1, 0.15) is 52.9 Å². The number of hydrogen-bond acceptors (Lipinski definition) is 6. The Bertz CT molecular complexity index is 1440. The topological polar surface area (TPSA) is 93.6 Å².